The fraction of sp³-hybridized carbons (Fsp3) is 0.130. The molecule has 3 aromatic carbocycles. The van der Waals surface area contributed by atoms with Gasteiger partial charge in [-0.2, -0.15) is 0 Å². The van der Waals surface area contributed by atoms with Crippen LogP contribution in [0.4, 0.5) is 5.69 Å². The molecule has 0 fully saturated rings. The van der Waals surface area contributed by atoms with E-state index in [2.05, 4.69) is 0 Å². The Kier molecular flexibility index (Phi) is 3.64. The van der Waals surface area contributed by atoms with Crippen molar-refractivity contribution in [3.63, 3.8) is 0 Å². The second-order valence-electron chi connectivity index (χ2n) is 7.30. The highest BCUT2D eigenvalue weighted by Crippen LogP contribution is 2.44. The summed E-state index contributed by atoms with van der Waals surface area (Å²) in [6, 6.07) is 14.1. The number of hydrogen-bond donors (Lipinski definition) is 2. The molecule has 3 aromatic rings. The monoisotopic (exact) mass is 387 g/mol. The lowest BCUT2D eigenvalue weighted by Crippen LogP contribution is -2.33. The van der Waals surface area contributed by atoms with Crippen LogP contribution < -0.4 is 9.64 Å². The van der Waals surface area contributed by atoms with Crippen LogP contribution in [0.1, 0.15) is 43.0 Å². The minimum absolute atomic E-state index is 0.0695. The van der Waals surface area contributed by atoms with Gasteiger partial charge < -0.3 is 19.8 Å². The third-order valence-electron chi connectivity index (χ3n) is 5.42. The van der Waals surface area contributed by atoms with Crippen molar-refractivity contribution in [3.05, 3.63) is 81.9 Å². The van der Waals surface area contributed by atoms with Crippen molar-refractivity contribution in [2.24, 2.45) is 0 Å². The maximum Gasteiger partial charge on any atom is 0.201 e. The molecule has 2 N–H and O–H groups in total. The standard InChI is InChI=1S/C23H17NO5/c1-12-7-14-19(17(25)8-12)23(28)20-15(21(14)26)9-18-16(22(20)27)10-24(11-29-18)13-5-3-2-4-6-13/h2-9,25,27H,10-11H2,1H3. The quantitative estimate of drug-likeness (QED) is 0.520. The van der Waals surface area contributed by atoms with Crippen molar-refractivity contribution in [3.8, 4) is 17.2 Å². The molecule has 0 radical (unpaired) electrons. The minimum Gasteiger partial charge on any atom is -0.507 e. The Morgan fingerprint density at radius 2 is 1.66 bits per heavy atom. The van der Waals surface area contributed by atoms with Crippen molar-refractivity contribution in [1.82, 2.24) is 0 Å². The van der Waals surface area contributed by atoms with E-state index >= 15 is 0 Å². The number of phenolic OH excluding ortho intramolecular Hbond substituents is 2. The van der Waals surface area contributed by atoms with Gasteiger partial charge in [-0.3, -0.25) is 9.59 Å². The number of rotatable bonds is 1. The second kappa shape index (κ2) is 6.10. The zero-order chi connectivity index (χ0) is 20.3. The summed E-state index contributed by atoms with van der Waals surface area (Å²) >= 11 is 0. The van der Waals surface area contributed by atoms with E-state index in [1.54, 1.807) is 13.0 Å². The van der Waals surface area contributed by atoms with Gasteiger partial charge >= 0.3 is 0 Å². The van der Waals surface area contributed by atoms with Crippen LogP contribution >= 0.6 is 0 Å². The molecule has 6 nitrogen and oxygen atoms in total. The smallest absolute Gasteiger partial charge is 0.201 e. The molecule has 6 heteroatoms. The van der Waals surface area contributed by atoms with Gasteiger partial charge in [0, 0.05) is 16.8 Å². The minimum atomic E-state index is -0.566. The first-order valence-corrected chi connectivity index (χ1v) is 9.20. The maximum atomic E-state index is 13.1. The number of benzene rings is 3. The number of hydrogen-bond acceptors (Lipinski definition) is 6. The van der Waals surface area contributed by atoms with Gasteiger partial charge in [0.2, 0.25) is 5.78 Å². The summed E-state index contributed by atoms with van der Waals surface area (Å²) in [5, 5.41) is 21.2. The van der Waals surface area contributed by atoms with Crippen molar-refractivity contribution >= 4 is 17.3 Å². The maximum absolute atomic E-state index is 13.1. The number of carbonyl (C=O) groups is 2. The number of anilines is 1. The van der Waals surface area contributed by atoms with Crippen LogP contribution in [0.2, 0.25) is 0 Å². The Morgan fingerprint density at radius 3 is 2.41 bits per heavy atom. The summed E-state index contributed by atoms with van der Waals surface area (Å²) in [4.78, 5) is 28.1. The Bertz CT molecular complexity index is 1200. The Hall–Kier alpha value is -3.80. The molecule has 0 saturated heterocycles. The number of carbonyl (C=O) groups excluding carboxylic acids is 2. The molecule has 0 bridgehead atoms. The predicted molar refractivity (Wildman–Crippen MR) is 106 cm³/mol. The second-order valence-corrected chi connectivity index (χ2v) is 7.30. The van der Waals surface area contributed by atoms with Crippen LogP contribution in [0.5, 0.6) is 17.2 Å². The highest BCUT2D eigenvalue weighted by Gasteiger charge is 2.37. The van der Waals surface area contributed by atoms with Gasteiger partial charge in [-0.25, -0.2) is 0 Å². The molecule has 0 aromatic heterocycles. The zero-order valence-electron chi connectivity index (χ0n) is 15.6. The van der Waals surface area contributed by atoms with E-state index < -0.39 is 11.6 Å². The average Bonchev–Trinajstić information content (AvgIpc) is 2.72. The lowest BCUT2D eigenvalue weighted by atomic mass is 9.81. The average molecular weight is 387 g/mol. The number of aryl methyl sites for hydroxylation is 1. The zero-order valence-corrected chi connectivity index (χ0v) is 15.6. The van der Waals surface area contributed by atoms with E-state index in [0.717, 1.165) is 5.69 Å². The number of para-hydroxylation sites is 1. The number of ketones is 2. The van der Waals surface area contributed by atoms with Gasteiger partial charge in [0.1, 0.15) is 17.2 Å². The third kappa shape index (κ3) is 2.49. The van der Waals surface area contributed by atoms with Crippen molar-refractivity contribution < 1.29 is 24.5 Å². The summed E-state index contributed by atoms with van der Waals surface area (Å²) < 4.78 is 5.81. The van der Waals surface area contributed by atoms with E-state index in [1.165, 1.54) is 12.1 Å². The number of phenols is 2. The summed E-state index contributed by atoms with van der Waals surface area (Å²) in [6.45, 7) is 2.32. The number of fused-ring (bicyclic) bond motifs is 3. The van der Waals surface area contributed by atoms with Crippen molar-refractivity contribution in [1.29, 1.82) is 0 Å². The summed E-state index contributed by atoms with van der Waals surface area (Å²) in [6.07, 6.45) is 0. The largest absolute Gasteiger partial charge is 0.507 e. The molecule has 0 unspecified atom stereocenters. The highest BCUT2D eigenvalue weighted by molar-refractivity contribution is 6.30. The van der Waals surface area contributed by atoms with Gasteiger partial charge in [0.15, 0.2) is 12.5 Å². The number of ether oxygens (including phenoxy) is 1. The van der Waals surface area contributed by atoms with Gasteiger partial charge in [-0.15, -0.1) is 0 Å². The molecule has 5 rings (SSSR count). The van der Waals surface area contributed by atoms with Crippen LogP contribution in [0.25, 0.3) is 0 Å². The highest BCUT2D eigenvalue weighted by atomic mass is 16.5. The normalized spacial score (nSPS) is 14.7. The molecular weight excluding hydrogens is 370 g/mol. The first-order chi connectivity index (χ1) is 14.0. The van der Waals surface area contributed by atoms with Crippen LogP contribution in [-0.2, 0) is 6.54 Å². The van der Waals surface area contributed by atoms with Crippen LogP contribution in [0, 0.1) is 6.92 Å². The van der Waals surface area contributed by atoms with Crippen molar-refractivity contribution in [2.75, 3.05) is 11.6 Å². The fourth-order valence-corrected chi connectivity index (χ4v) is 4.02. The fourth-order valence-electron chi connectivity index (χ4n) is 4.02. The van der Waals surface area contributed by atoms with E-state index in [4.69, 9.17) is 4.74 Å². The first-order valence-electron chi connectivity index (χ1n) is 9.20. The SMILES string of the molecule is Cc1cc(O)c2c(c1)C(=O)c1cc3c(c(O)c1C2=O)CN(c1ccccc1)CO3. The Labute approximate surface area is 166 Å². The molecule has 0 atom stereocenters. The lowest BCUT2D eigenvalue weighted by Gasteiger charge is -2.32. The van der Waals surface area contributed by atoms with E-state index in [1.807, 2.05) is 35.2 Å². The first kappa shape index (κ1) is 17.3. The molecule has 29 heavy (non-hydrogen) atoms. The molecule has 144 valence electrons. The summed E-state index contributed by atoms with van der Waals surface area (Å²) in [5.74, 6) is -1.13. The topological polar surface area (TPSA) is 87.1 Å². The molecule has 0 saturated carbocycles. The molecule has 2 aliphatic rings. The predicted octanol–water partition coefficient (Wildman–Crippen LogP) is 3.54. The van der Waals surface area contributed by atoms with Gasteiger partial charge in [0.25, 0.3) is 0 Å². The molecule has 1 aliphatic carbocycles. The number of nitrogens with zero attached hydrogens (tertiary/aromatic N) is 1. The molecular formula is C23H17NO5. The lowest BCUT2D eigenvalue weighted by molar-refractivity contribution is 0.0973. The van der Waals surface area contributed by atoms with Crippen LogP contribution in [-0.4, -0.2) is 28.5 Å². The third-order valence-corrected chi connectivity index (χ3v) is 5.42. The Balaban J connectivity index is 1.65. The van der Waals surface area contributed by atoms with E-state index in [0.29, 0.717) is 23.4 Å². The number of aromatic hydroxyl groups is 2. The Morgan fingerprint density at radius 1 is 0.931 bits per heavy atom. The van der Waals surface area contributed by atoms with Crippen LogP contribution in [0.3, 0.4) is 0 Å². The van der Waals surface area contributed by atoms with Gasteiger partial charge in [0.05, 0.1) is 23.2 Å². The molecule has 0 spiro atoms. The molecule has 0 amide bonds. The summed E-state index contributed by atoms with van der Waals surface area (Å²) in [7, 11) is 0. The van der Waals surface area contributed by atoms with E-state index in [9.17, 15) is 19.8 Å². The van der Waals surface area contributed by atoms with Crippen molar-refractivity contribution in [2.45, 2.75) is 13.5 Å². The van der Waals surface area contributed by atoms with E-state index in [-0.39, 0.29) is 40.5 Å². The molecule has 1 aliphatic heterocycles. The molecule has 1 heterocycles. The van der Waals surface area contributed by atoms with Gasteiger partial charge in [-0.05, 0) is 42.8 Å². The van der Waals surface area contributed by atoms with Crippen LogP contribution in [0.15, 0.2) is 48.5 Å². The summed E-state index contributed by atoms with van der Waals surface area (Å²) in [5.41, 5.74) is 2.10. The van der Waals surface area contributed by atoms with Gasteiger partial charge in [-0.1, -0.05) is 18.2 Å².